The molecule has 0 unspecified atom stereocenters. The van der Waals surface area contributed by atoms with Crippen LogP contribution in [0.2, 0.25) is 10.0 Å². The fourth-order valence-electron chi connectivity index (χ4n) is 1.39. The fourth-order valence-corrected chi connectivity index (χ4v) is 1.70. The predicted molar refractivity (Wildman–Crippen MR) is 77.3 cm³/mol. The largest absolute Gasteiger partial charge is 0.291 e. The van der Waals surface area contributed by atoms with Gasteiger partial charge in [-0.2, -0.15) is 5.10 Å². The number of nitrogens with one attached hydrogen (secondary N) is 2. The smallest absolute Gasteiger partial charge is 0.252 e. The van der Waals surface area contributed by atoms with Crippen LogP contribution in [0.1, 0.15) is 11.3 Å². The van der Waals surface area contributed by atoms with Crippen LogP contribution in [0, 0.1) is 6.92 Å². The second-order valence-corrected chi connectivity index (χ2v) is 4.59. The third kappa shape index (κ3) is 3.81. The van der Waals surface area contributed by atoms with Crippen molar-refractivity contribution in [3.8, 4) is 0 Å². The number of rotatable bonds is 3. The third-order valence-electron chi connectivity index (χ3n) is 2.20. The lowest BCUT2D eigenvalue weighted by atomic mass is 10.2. The van der Waals surface area contributed by atoms with Crippen LogP contribution in [0.5, 0.6) is 0 Å². The molecule has 1 heterocycles. The number of hydrogen-bond donors (Lipinski definition) is 2. The van der Waals surface area contributed by atoms with E-state index in [1.54, 1.807) is 31.3 Å². The van der Waals surface area contributed by atoms with Crippen molar-refractivity contribution in [3.63, 3.8) is 0 Å². The summed E-state index contributed by atoms with van der Waals surface area (Å²) >= 11 is 11.7. The molecule has 0 aliphatic carbocycles. The van der Waals surface area contributed by atoms with Crippen LogP contribution in [0.3, 0.4) is 0 Å². The van der Waals surface area contributed by atoms with Crippen LogP contribution >= 0.6 is 23.2 Å². The number of nitrogens with zero attached hydrogens (tertiary/aromatic N) is 2. The van der Waals surface area contributed by atoms with E-state index in [1.807, 2.05) is 0 Å². The van der Waals surface area contributed by atoms with E-state index >= 15 is 0 Å². The Hall–Kier alpha value is -1.85. The lowest BCUT2D eigenvalue weighted by Gasteiger charge is -2.00. The van der Waals surface area contributed by atoms with E-state index < -0.39 is 0 Å². The number of H-pyrrole nitrogens is 1. The lowest BCUT2D eigenvalue weighted by molar-refractivity contribution is 1.04. The van der Waals surface area contributed by atoms with E-state index in [9.17, 15) is 4.79 Å². The van der Waals surface area contributed by atoms with E-state index in [0.29, 0.717) is 15.7 Å². The summed E-state index contributed by atoms with van der Waals surface area (Å²) in [5.41, 5.74) is 3.78. The molecule has 7 heteroatoms. The van der Waals surface area contributed by atoms with Gasteiger partial charge in [0, 0.05) is 11.8 Å². The van der Waals surface area contributed by atoms with Gasteiger partial charge in [-0.05, 0) is 24.6 Å². The van der Waals surface area contributed by atoms with E-state index in [0.717, 1.165) is 5.56 Å². The summed E-state index contributed by atoms with van der Waals surface area (Å²) in [7, 11) is 0. The Morgan fingerprint density at radius 3 is 2.79 bits per heavy atom. The Kier molecular flexibility index (Phi) is 4.19. The molecule has 19 heavy (non-hydrogen) atoms. The fraction of sp³-hybridized carbons (Fsp3) is 0.0833. The summed E-state index contributed by atoms with van der Waals surface area (Å²) in [6, 6.07) is 6.53. The molecule has 0 bridgehead atoms. The molecule has 2 N–H and O–H groups in total. The van der Waals surface area contributed by atoms with Crippen molar-refractivity contribution in [2.45, 2.75) is 6.92 Å². The Balaban J connectivity index is 2.11. The van der Waals surface area contributed by atoms with Crippen molar-refractivity contribution in [2.24, 2.45) is 5.10 Å². The highest BCUT2D eigenvalue weighted by molar-refractivity contribution is 6.42. The highest BCUT2D eigenvalue weighted by Crippen LogP contribution is 2.21. The average molecular weight is 297 g/mol. The molecule has 0 aliphatic heterocycles. The molecular formula is C12H10Cl2N4O. The molecule has 1 aromatic heterocycles. The zero-order chi connectivity index (χ0) is 13.8. The first-order chi connectivity index (χ1) is 9.04. The summed E-state index contributed by atoms with van der Waals surface area (Å²) in [6.45, 7) is 1.73. The van der Waals surface area contributed by atoms with Gasteiger partial charge >= 0.3 is 0 Å². The molecule has 5 nitrogen and oxygen atoms in total. The van der Waals surface area contributed by atoms with Gasteiger partial charge in [0.05, 0.1) is 16.3 Å². The normalized spacial score (nSPS) is 10.9. The highest BCUT2D eigenvalue weighted by Gasteiger charge is 1.98. The Morgan fingerprint density at radius 2 is 2.11 bits per heavy atom. The first kappa shape index (κ1) is 13.6. The number of aromatic amines is 1. The van der Waals surface area contributed by atoms with Gasteiger partial charge in [0.1, 0.15) is 0 Å². The van der Waals surface area contributed by atoms with Crippen molar-refractivity contribution >= 4 is 35.4 Å². The zero-order valence-corrected chi connectivity index (χ0v) is 11.5. The highest BCUT2D eigenvalue weighted by atomic mass is 35.5. The molecular weight excluding hydrogens is 287 g/mol. The number of halogens is 2. The van der Waals surface area contributed by atoms with Gasteiger partial charge in [0.2, 0.25) is 5.95 Å². The number of hydrazone groups is 1. The van der Waals surface area contributed by atoms with Crippen LogP contribution in [0.25, 0.3) is 0 Å². The van der Waals surface area contributed by atoms with Crippen LogP contribution in [-0.4, -0.2) is 16.2 Å². The number of aryl methyl sites for hydroxylation is 1. The number of anilines is 1. The van der Waals surface area contributed by atoms with Gasteiger partial charge in [-0.1, -0.05) is 29.3 Å². The molecule has 0 amide bonds. The van der Waals surface area contributed by atoms with Crippen LogP contribution in [-0.2, 0) is 0 Å². The SMILES string of the molecule is Cc1cc(=O)[nH]c(N/N=C\c2ccc(Cl)c(Cl)c2)n1. The minimum absolute atomic E-state index is 0.236. The van der Waals surface area contributed by atoms with Gasteiger partial charge in [0.15, 0.2) is 0 Å². The van der Waals surface area contributed by atoms with Crippen LogP contribution in [0.4, 0.5) is 5.95 Å². The van der Waals surface area contributed by atoms with Crippen molar-refractivity contribution in [1.29, 1.82) is 0 Å². The van der Waals surface area contributed by atoms with Gasteiger partial charge < -0.3 is 0 Å². The molecule has 0 fully saturated rings. The Labute approximate surface area is 119 Å². The third-order valence-corrected chi connectivity index (χ3v) is 2.94. The van der Waals surface area contributed by atoms with Gasteiger partial charge in [-0.25, -0.2) is 10.4 Å². The predicted octanol–water partition coefficient (Wildman–Crippen LogP) is 2.83. The van der Waals surface area contributed by atoms with Crippen LogP contribution in [0.15, 0.2) is 34.2 Å². The maximum Gasteiger partial charge on any atom is 0.252 e. The quantitative estimate of drug-likeness (QED) is 0.676. The van der Waals surface area contributed by atoms with Crippen molar-refractivity contribution < 1.29 is 0 Å². The van der Waals surface area contributed by atoms with Gasteiger partial charge in [-0.15, -0.1) is 0 Å². The second kappa shape index (κ2) is 5.86. The molecule has 0 spiro atoms. The number of benzene rings is 1. The van der Waals surface area contributed by atoms with E-state index in [1.165, 1.54) is 6.07 Å². The van der Waals surface area contributed by atoms with Gasteiger partial charge in [-0.3, -0.25) is 9.78 Å². The first-order valence-electron chi connectivity index (χ1n) is 5.37. The minimum Gasteiger partial charge on any atom is -0.291 e. The lowest BCUT2D eigenvalue weighted by Crippen LogP contribution is -2.10. The topological polar surface area (TPSA) is 70.1 Å². The Bertz CT molecular complexity index is 682. The maximum absolute atomic E-state index is 11.2. The molecule has 0 radical (unpaired) electrons. The summed E-state index contributed by atoms with van der Waals surface area (Å²) in [4.78, 5) is 17.8. The van der Waals surface area contributed by atoms with Crippen molar-refractivity contribution in [2.75, 3.05) is 5.43 Å². The first-order valence-corrected chi connectivity index (χ1v) is 6.12. The maximum atomic E-state index is 11.2. The average Bonchev–Trinajstić information content (AvgIpc) is 2.32. The zero-order valence-electron chi connectivity index (χ0n) is 9.95. The van der Waals surface area contributed by atoms with E-state index in [-0.39, 0.29) is 11.5 Å². The van der Waals surface area contributed by atoms with Crippen molar-refractivity contribution in [3.05, 3.63) is 55.9 Å². The second-order valence-electron chi connectivity index (χ2n) is 3.78. The van der Waals surface area contributed by atoms with Crippen LogP contribution < -0.4 is 11.0 Å². The molecule has 98 valence electrons. The summed E-state index contributed by atoms with van der Waals surface area (Å²) in [5, 5.41) is 4.89. The van der Waals surface area contributed by atoms with E-state index in [2.05, 4.69) is 20.5 Å². The standard InChI is InChI=1S/C12H10Cl2N4O/c1-7-4-11(19)17-12(16-7)18-15-6-8-2-3-9(13)10(14)5-8/h2-6H,1H3,(H2,16,17,18,19)/b15-6-. The summed E-state index contributed by atoms with van der Waals surface area (Å²) < 4.78 is 0. The molecule has 0 saturated heterocycles. The summed E-state index contributed by atoms with van der Waals surface area (Å²) in [6.07, 6.45) is 1.55. The monoisotopic (exact) mass is 296 g/mol. The molecule has 2 aromatic rings. The molecule has 0 atom stereocenters. The molecule has 0 aliphatic rings. The van der Waals surface area contributed by atoms with Gasteiger partial charge in [0.25, 0.3) is 5.56 Å². The van der Waals surface area contributed by atoms with Crippen molar-refractivity contribution in [1.82, 2.24) is 9.97 Å². The molecule has 0 saturated carbocycles. The summed E-state index contributed by atoms with van der Waals surface area (Å²) in [5.74, 6) is 0.279. The number of aromatic nitrogens is 2. The van der Waals surface area contributed by atoms with E-state index in [4.69, 9.17) is 23.2 Å². The minimum atomic E-state index is -0.236. The number of hydrogen-bond acceptors (Lipinski definition) is 4. The molecule has 1 aromatic carbocycles. The Morgan fingerprint density at radius 1 is 1.32 bits per heavy atom. The molecule has 2 rings (SSSR count).